The summed E-state index contributed by atoms with van der Waals surface area (Å²) in [4.78, 5) is 8.45. The third-order valence-corrected chi connectivity index (χ3v) is 3.31. The first-order valence-corrected chi connectivity index (χ1v) is 6.83. The third kappa shape index (κ3) is 2.63. The minimum absolute atomic E-state index is 0.513. The summed E-state index contributed by atoms with van der Waals surface area (Å²) in [7, 11) is 1.59. The topological polar surface area (TPSA) is 73.1 Å². The Morgan fingerprint density at radius 2 is 2.09 bits per heavy atom. The molecule has 0 unspecified atom stereocenters. The highest BCUT2D eigenvalue weighted by atomic mass is 16.5. The number of ether oxygens (including phenoxy) is 1. The van der Waals surface area contributed by atoms with Crippen LogP contribution in [-0.4, -0.2) is 22.2 Å². The Hall–Kier alpha value is -2.89. The summed E-state index contributed by atoms with van der Waals surface area (Å²) in [5.41, 5.74) is 4.32. The minimum atomic E-state index is 0.513. The van der Waals surface area contributed by atoms with Crippen LogP contribution in [0, 0.1) is 13.8 Å². The highest BCUT2D eigenvalue weighted by molar-refractivity contribution is 5.74. The molecule has 1 N–H and O–H groups in total. The molecule has 0 aromatic carbocycles. The fourth-order valence-corrected chi connectivity index (χ4v) is 2.33. The second-order valence-electron chi connectivity index (χ2n) is 4.85. The summed E-state index contributed by atoms with van der Waals surface area (Å²) >= 11 is 0. The maximum Gasteiger partial charge on any atom is 0.237 e. The number of anilines is 2. The van der Waals surface area contributed by atoms with Crippen molar-refractivity contribution in [2.75, 3.05) is 12.4 Å². The number of hydrogen-bond acceptors (Lipinski definition) is 6. The Labute approximate surface area is 128 Å². The monoisotopic (exact) mass is 296 g/mol. The van der Waals surface area contributed by atoms with Crippen LogP contribution < -0.4 is 10.1 Å². The molecular weight excluding hydrogens is 280 g/mol. The van der Waals surface area contributed by atoms with Gasteiger partial charge in [-0.3, -0.25) is 4.98 Å². The Kier molecular flexibility index (Phi) is 3.74. The predicted octanol–water partition coefficient (Wildman–Crippen LogP) is 3.50. The molecule has 0 spiro atoms. The van der Waals surface area contributed by atoms with Crippen LogP contribution in [0.5, 0.6) is 5.88 Å². The van der Waals surface area contributed by atoms with E-state index in [9.17, 15) is 0 Å². The number of aryl methyl sites for hydroxylation is 2. The lowest BCUT2D eigenvalue weighted by Gasteiger charge is -2.11. The Morgan fingerprint density at radius 3 is 2.73 bits per heavy atom. The van der Waals surface area contributed by atoms with Crippen LogP contribution in [0.4, 0.5) is 11.4 Å². The lowest BCUT2D eigenvalue weighted by molar-refractivity contribution is 0.393. The van der Waals surface area contributed by atoms with E-state index in [4.69, 9.17) is 9.26 Å². The van der Waals surface area contributed by atoms with Gasteiger partial charge in [-0.05, 0) is 32.0 Å². The number of nitrogens with zero attached hydrogens (tertiary/aromatic N) is 3. The molecule has 0 saturated heterocycles. The highest BCUT2D eigenvalue weighted by Gasteiger charge is 2.15. The summed E-state index contributed by atoms with van der Waals surface area (Å²) in [6.07, 6.45) is 5.21. The lowest BCUT2D eigenvalue weighted by atomic mass is 10.1. The Morgan fingerprint density at radius 1 is 1.23 bits per heavy atom. The van der Waals surface area contributed by atoms with Gasteiger partial charge in [-0.1, -0.05) is 5.16 Å². The van der Waals surface area contributed by atoms with Gasteiger partial charge in [0.15, 0.2) is 0 Å². The fraction of sp³-hybridized carbons (Fsp3) is 0.188. The van der Waals surface area contributed by atoms with Gasteiger partial charge in [0.2, 0.25) is 5.88 Å². The van der Waals surface area contributed by atoms with Gasteiger partial charge in [0.25, 0.3) is 0 Å². The average molecular weight is 296 g/mol. The summed E-state index contributed by atoms with van der Waals surface area (Å²) in [5.74, 6) is 1.27. The van der Waals surface area contributed by atoms with Crippen molar-refractivity contribution in [2.45, 2.75) is 13.8 Å². The van der Waals surface area contributed by atoms with Crippen molar-refractivity contribution in [3.8, 4) is 17.0 Å². The smallest absolute Gasteiger partial charge is 0.237 e. The van der Waals surface area contributed by atoms with Crippen molar-refractivity contribution in [1.29, 1.82) is 0 Å². The average Bonchev–Trinajstić information content (AvgIpc) is 2.87. The second-order valence-corrected chi connectivity index (χ2v) is 4.85. The molecule has 0 bridgehead atoms. The normalized spacial score (nSPS) is 10.5. The molecule has 0 aliphatic carbocycles. The van der Waals surface area contributed by atoms with Crippen LogP contribution in [0.2, 0.25) is 0 Å². The molecule has 0 saturated carbocycles. The van der Waals surface area contributed by atoms with Crippen LogP contribution in [0.3, 0.4) is 0 Å². The molecule has 3 heterocycles. The first kappa shape index (κ1) is 14.1. The molecule has 3 aromatic rings. The third-order valence-electron chi connectivity index (χ3n) is 3.31. The van der Waals surface area contributed by atoms with Crippen LogP contribution >= 0.6 is 0 Å². The van der Waals surface area contributed by atoms with Gasteiger partial charge in [-0.15, -0.1) is 0 Å². The van der Waals surface area contributed by atoms with E-state index >= 15 is 0 Å². The molecular formula is C16H16N4O2. The number of nitrogens with one attached hydrogen (secondary N) is 1. The quantitative estimate of drug-likeness (QED) is 0.794. The van der Waals surface area contributed by atoms with E-state index in [2.05, 4.69) is 20.4 Å². The molecule has 0 aliphatic heterocycles. The molecule has 3 aromatic heterocycles. The van der Waals surface area contributed by atoms with Crippen molar-refractivity contribution in [1.82, 2.24) is 15.1 Å². The Balaban J connectivity index is 2.03. The zero-order valence-electron chi connectivity index (χ0n) is 12.6. The largest absolute Gasteiger partial charge is 0.480 e. The Bertz CT molecular complexity index is 765. The van der Waals surface area contributed by atoms with E-state index < -0.39 is 0 Å². The van der Waals surface area contributed by atoms with E-state index in [0.29, 0.717) is 5.88 Å². The summed E-state index contributed by atoms with van der Waals surface area (Å²) in [6.45, 7) is 3.79. The molecule has 0 radical (unpaired) electrons. The lowest BCUT2D eigenvalue weighted by Crippen LogP contribution is -1.98. The number of rotatable bonds is 4. The molecule has 22 heavy (non-hydrogen) atoms. The first-order valence-electron chi connectivity index (χ1n) is 6.83. The molecule has 0 aliphatic rings. The molecule has 0 fully saturated rings. The van der Waals surface area contributed by atoms with Crippen molar-refractivity contribution < 1.29 is 9.26 Å². The van der Waals surface area contributed by atoms with Gasteiger partial charge in [-0.25, -0.2) is 4.98 Å². The van der Waals surface area contributed by atoms with Crippen LogP contribution in [0.15, 0.2) is 41.3 Å². The molecule has 3 rings (SSSR count). The van der Waals surface area contributed by atoms with E-state index in [1.54, 1.807) is 25.7 Å². The maximum absolute atomic E-state index is 5.32. The van der Waals surface area contributed by atoms with E-state index in [-0.39, 0.29) is 0 Å². The predicted molar refractivity (Wildman–Crippen MR) is 83.3 cm³/mol. The number of aromatic nitrogens is 3. The van der Waals surface area contributed by atoms with Gasteiger partial charge in [0, 0.05) is 23.5 Å². The van der Waals surface area contributed by atoms with Gasteiger partial charge in [0.05, 0.1) is 24.7 Å². The summed E-state index contributed by atoms with van der Waals surface area (Å²) in [5, 5.41) is 7.25. The van der Waals surface area contributed by atoms with Crippen molar-refractivity contribution in [3.05, 3.63) is 48.2 Å². The van der Waals surface area contributed by atoms with Crippen molar-refractivity contribution in [2.24, 2.45) is 0 Å². The molecule has 112 valence electrons. The number of pyridine rings is 2. The van der Waals surface area contributed by atoms with Gasteiger partial charge in [0.1, 0.15) is 11.4 Å². The standard InChI is InChI=1S/C16H16N4O2/c1-10-15(11(2)22-20-10)12-7-14(16(21-3)18-8-12)19-13-5-4-6-17-9-13/h4-9,19H,1-3H3. The maximum atomic E-state index is 5.32. The molecule has 6 nitrogen and oxygen atoms in total. The highest BCUT2D eigenvalue weighted by Crippen LogP contribution is 2.33. The van der Waals surface area contributed by atoms with Gasteiger partial charge < -0.3 is 14.6 Å². The van der Waals surface area contributed by atoms with Crippen LogP contribution in [0.25, 0.3) is 11.1 Å². The SMILES string of the molecule is COc1ncc(-c2c(C)noc2C)cc1Nc1cccnc1. The van der Waals surface area contributed by atoms with Crippen molar-refractivity contribution in [3.63, 3.8) is 0 Å². The minimum Gasteiger partial charge on any atom is -0.480 e. The zero-order chi connectivity index (χ0) is 15.5. The van der Waals surface area contributed by atoms with Gasteiger partial charge >= 0.3 is 0 Å². The van der Waals surface area contributed by atoms with E-state index in [0.717, 1.165) is 34.0 Å². The van der Waals surface area contributed by atoms with Gasteiger partial charge in [-0.2, -0.15) is 0 Å². The molecule has 0 atom stereocenters. The zero-order valence-corrected chi connectivity index (χ0v) is 12.6. The fourth-order valence-electron chi connectivity index (χ4n) is 2.33. The van der Waals surface area contributed by atoms with E-state index in [1.165, 1.54) is 0 Å². The summed E-state index contributed by atoms with van der Waals surface area (Å²) < 4.78 is 10.5. The van der Waals surface area contributed by atoms with E-state index in [1.807, 2.05) is 32.0 Å². The van der Waals surface area contributed by atoms with Crippen LogP contribution in [0.1, 0.15) is 11.5 Å². The van der Waals surface area contributed by atoms with Crippen LogP contribution in [-0.2, 0) is 0 Å². The second kappa shape index (κ2) is 5.85. The first-order chi connectivity index (χ1) is 10.7. The number of methoxy groups -OCH3 is 1. The molecule has 6 heteroatoms. The number of hydrogen-bond donors (Lipinski definition) is 1. The summed E-state index contributed by atoms with van der Waals surface area (Å²) in [6, 6.07) is 5.75. The molecule has 0 amide bonds. The van der Waals surface area contributed by atoms with Crippen molar-refractivity contribution >= 4 is 11.4 Å².